The molecule has 0 radical (unpaired) electrons. The zero-order valence-corrected chi connectivity index (χ0v) is 10.9. The second kappa shape index (κ2) is 5.17. The molecule has 2 aromatic carbocycles. The van der Waals surface area contributed by atoms with E-state index in [1.54, 1.807) is 0 Å². The third-order valence-corrected chi connectivity index (χ3v) is 3.15. The van der Waals surface area contributed by atoms with E-state index in [0.717, 1.165) is 12.1 Å². The van der Waals surface area contributed by atoms with Gasteiger partial charge in [-0.25, -0.2) is 4.39 Å². The van der Waals surface area contributed by atoms with Gasteiger partial charge in [-0.05, 0) is 17.5 Å². The zero-order chi connectivity index (χ0) is 17.6. The highest BCUT2D eigenvalue weighted by Gasteiger charge is 2.76. The number of Topliss-reactive ketones (excluding diaryl/α,β-unsaturated/α-hetero) is 1. The Morgan fingerprint density at radius 2 is 1.30 bits per heavy atom. The summed E-state index contributed by atoms with van der Waals surface area (Å²) in [6, 6.07) is 5.49. The Balaban J connectivity index is 2.64. The molecule has 2 rings (SSSR count). The van der Waals surface area contributed by atoms with Crippen LogP contribution in [0.2, 0.25) is 0 Å². The van der Waals surface area contributed by atoms with Gasteiger partial charge in [-0.2, -0.15) is 30.7 Å². The van der Waals surface area contributed by atoms with Crippen LogP contribution in [0.15, 0.2) is 36.4 Å². The van der Waals surface area contributed by atoms with Crippen LogP contribution in [-0.2, 0) is 0 Å². The fourth-order valence-corrected chi connectivity index (χ4v) is 1.95. The number of ketones is 1. The van der Waals surface area contributed by atoms with E-state index in [1.165, 1.54) is 12.1 Å². The van der Waals surface area contributed by atoms with Gasteiger partial charge in [-0.1, -0.05) is 24.3 Å². The van der Waals surface area contributed by atoms with Crippen molar-refractivity contribution in [3.05, 3.63) is 47.8 Å². The van der Waals surface area contributed by atoms with E-state index in [0.29, 0.717) is 12.1 Å². The Bertz CT molecular complexity index is 763. The second-order valence-electron chi connectivity index (χ2n) is 4.62. The Kier molecular flexibility index (Phi) is 3.86. The summed E-state index contributed by atoms with van der Waals surface area (Å²) in [4.78, 5) is 11.6. The number of benzene rings is 2. The summed E-state index contributed by atoms with van der Waals surface area (Å²) >= 11 is 0. The van der Waals surface area contributed by atoms with Crippen LogP contribution < -0.4 is 0 Å². The summed E-state index contributed by atoms with van der Waals surface area (Å²) in [6.45, 7) is 0. The average molecular weight is 342 g/mol. The second-order valence-corrected chi connectivity index (χ2v) is 4.62. The van der Waals surface area contributed by atoms with Crippen molar-refractivity contribution in [3.8, 4) is 0 Å². The molecular weight excluding hydrogens is 336 g/mol. The summed E-state index contributed by atoms with van der Waals surface area (Å²) in [7, 11) is 0. The van der Waals surface area contributed by atoms with Crippen LogP contribution in [0.1, 0.15) is 10.4 Å². The number of carbonyl (C=O) groups excluding carboxylic acids is 1. The molecule has 0 saturated heterocycles. The number of hydrogen-bond acceptors (Lipinski definition) is 1. The van der Waals surface area contributed by atoms with Crippen molar-refractivity contribution >= 4 is 16.6 Å². The van der Waals surface area contributed by atoms with Crippen molar-refractivity contribution < 1.29 is 39.9 Å². The maximum atomic E-state index is 13.5. The van der Waals surface area contributed by atoms with Gasteiger partial charge in [0.2, 0.25) is 5.78 Å². The zero-order valence-electron chi connectivity index (χ0n) is 10.9. The number of hydrogen-bond donors (Lipinski definition) is 0. The molecule has 0 fully saturated rings. The number of alkyl halides is 7. The third kappa shape index (κ3) is 2.53. The van der Waals surface area contributed by atoms with Gasteiger partial charge in [0.1, 0.15) is 5.82 Å². The molecule has 0 atom stereocenters. The van der Waals surface area contributed by atoms with Gasteiger partial charge in [-0.3, -0.25) is 4.79 Å². The largest absolute Gasteiger partial charge is 0.460 e. The van der Waals surface area contributed by atoms with Gasteiger partial charge in [0, 0.05) is 10.9 Å². The van der Waals surface area contributed by atoms with Gasteiger partial charge < -0.3 is 0 Å². The molecule has 23 heavy (non-hydrogen) atoms. The lowest BCUT2D eigenvalue weighted by atomic mass is 9.95. The summed E-state index contributed by atoms with van der Waals surface area (Å²) < 4.78 is 103. The van der Waals surface area contributed by atoms with Crippen LogP contribution in [-0.4, -0.2) is 23.8 Å². The minimum Gasteiger partial charge on any atom is -0.287 e. The fourth-order valence-electron chi connectivity index (χ4n) is 1.95. The Labute approximate surface area is 123 Å². The number of carbonyl (C=O) groups is 1. The molecular formula is C14H6F8O. The molecule has 0 amide bonds. The maximum absolute atomic E-state index is 13.5. The summed E-state index contributed by atoms with van der Waals surface area (Å²) in [5, 5.41) is -0.848. The summed E-state index contributed by atoms with van der Waals surface area (Å²) in [6.07, 6.45) is -6.62. The van der Waals surface area contributed by atoms with Crippen LogP contribution in [0.4, 0.5) is 35.1 Å². The van der Waals surface area contributed by atoms with Crippen molar-refractivity contribution in [2.75, 3.05) is 0 Å². The minimum absolute atomic E-state index is 0.357. The van der Waals surface area contributed by atoms with Crippen molar-refractivity contribution in [2.45, 2.75) is 18.0 Å². The van der Waals surface area contributed by atoms with Gasteiger partial charge in [-0.15, -0.1) is 0 Å². The number of fused-ring (bicyclic) bond motifs is 1. The van der Waals surface area contributed by atoms with Crippen LogP contribution >= 0.6 is 0 Å². The number of rotatable bonds is 3. The van der Waals surface area contributed by atoms with E-state index in [2.05, 4.69) is 0 Å². The fraction of sp³-hybridized carbons (Fsp3) is 0.214. The van der Waals surface area contributed by atoms with E-state index in [4.69, 9.17) is 0 Å². The van der Waals surface area contributed by atoms with Crippen LogP contribution in [0.3, 0.4) is 0 Å². The molecule has 0 aromatic heterocycles. The molecule has 2 aromatic rings. The molecule has 0 saturated carbocycles. The Morgan fingerprint density at radius 1 is 0.783 bits per heavy atom. The Morgan fingerprint density at radius 3 is 1.83 bits per heavy atom. The first-order valence-corrected chi connectivity index (χ1v) is 5.95. The monoisotopic (exact) mass is 342 g/mol. The van der Waals surface area contributed by atoms with Crippen LogP contribution in [0.5, 0.6) is 0 Å². The molecule has 0 unspecified atom stereocenters. The lowest BCUT2D eigenvalue weighted by Gasteiger charge is -2.27. The van der Waals surface area contributed by atoms with Crippen molar-refractivity contribution in [1.82, 2.24) is 0 Å². The van der Waals surface area contributed by atoms with E-state index in [9.17, 15) is 39.9 Å². The first kappa shape index (κ1) is 17.2. The Hall–Kier alpha value is -2.19. The highest BCUT2D eigenvalue weighted by Crippen LogP contribution is 2.48. The summed E-state index contributed by atoms with van der Waals surface area (Å²) in [5.41, 5.74) is -1.13. The van der Waals surface area contributed by atoms with E-state index in [-0.39, 0.29) is 5.39 Å². The van der Waals surface area contributed by atoms with Crippen LogP contribution in [0, 0.1) is 5.82 Å². The van der Waals surface area contributed by atoms with E-state index >= 15 is 0 Å². The lowest BCUT2D eigenvalue weighted by molar-refractivity contribution is -0.339. The molecule has 0 heterocycles. The molecule has 0 N–H and O–H groups in total. The normalized spacial score (nSPS) is 13.4. The molecule has 0 aliphatic heterocycles. The first-order valence-electron chi connectivity index (χ1n) is 5.95. The van der Waals surface area contributed by atoms with Crippen molar-refractivity contribution in [3.63, 3.8) is 0 Å². The standard InChI is InChI=1S/C14H6F8O/c15-10-6-5-9(7-3-1-2-4-8(7)10)11(23)12(16,17)13(18,19)14(20,21)22/h1-6H. The molecule has 0 aliphatic rings. The lowest BCUT2D eigenvalue weighted by Crippen LogP contribution is -2.56. The highest BCUT2D eigenvalue weighted by molar-refractivity contribution is 6.11. The van der Waals surface area contributed by atoms with Gasteiger partial charge >= 0.3 is 18.0 Å². The predicted octanol–water partition coefficient (Wildman–Crippen LogP) is 4.99. The van der Waals surface area contributed by atoms with Crippen LogP contribution in [0.25, 0.3) is 10.8 Å². The average Bonchev–Trinajstić information content (AvgIpc) is 2.46. The third-order valence-electron chi connectivity index (χ3n) is 3.15. The van der Waals surface area contributed by atoms with Gasteiger partial charge in [0.05, 0.1) is 0 Å². The van der Waals surface area contributed by atoms with Gasteiger partial charge in [0.25, 0.3) is 0 Å². The highest BCUT2D eigenvalue weighted by atomic mass is 19.4. The molecule has 9 heteroatoms. The van der Waals surface area contributed by atoms with Crippen molar-refractivity contribution in [2.24, 2.45) is 0 Å². The molecule has 0 spiro atoms. The topological polar surface area (TPSA) is 17.1 Å². The molecule has 0 bridgehead atoms. The van der Waals surface area contributed by atoms with E-state index in [1.807, 2.05) is 0 Å². The summed E-state index contributed by atoms with van der Waals surface area (Å²) in [5.74, 6) is -16.3. The molecule has 0 aliphatic carbocycles. The molecule has 1 nitrogen and oxygen atoms in total. The first-order chi connectivity index (χ1) is 10.4. The quantitative estimate of drug-likeness (QED) is 0.567. The molecule has 124 valence electrons. The SMILES string of the molecule is O=C(c1ccc(F)c2ccccc12)C(F)(F)C(F)(F)C(F)(F)F. The number of halogens is 8. The van der Waals surface area contributed by atoms with Crippen molar-refractivity contribution in [1.29, 1.82) is 0 Å². The van der Waals surface area contributed by atoms with E-state index < -0.39 is 40.6 Å². The smallest absolute Gasteiger partial charge is 0.287 e. The predicted molar refractivity (Wildman–Crippen MR) is 64.2 cm³/mol. The minimum atomic E-state index is -6.62. The maximum Gasteiger partial charge on any atom is 0.460 e. The van der Waals surface area contributed by atoms with Gasteiger partial charge in [0.15, 0.2) is 0 Å².